The van der Waals surface area contributed by atoms with E-state index < -0.39 is 5.82 Å². The van der Waals surface area contributed by atoms with Gasteiger partial charge >= 0.3 is 0 Å². The average molecular weight is 351 g/mol. The van der Waals surface area contributed by atoms with Crippen LogP contribution in [0.15, 0.2) is 36.5 Å². The Balaban J connectivity index is 1.84. The van der Waals surface area contributed by atoms with E-state index in [4.69, 9.17) is 16.3 Å². The van der Waals surface area contributed by atoms with E-state index in [1.54, 1.807) is 7.11 Å². The minimum atomic E-state index is -0.518. The van der Waals surface area contributed by atoms with Gasteiger partial charge in [-0.25, -0.2) is 4.39 Å². The largest absolute Gasteiger partial charge is 0.385 e. The van der Waals surface area contributed by atoms with E-state index in [0.717, 1.165) is 18.7 Å². The minimum absolute atomic E-state index is 0.0324. The first-order chi connectivity index (χ1) is 11.6. The van der Waals surface area contributed by atoms with Gasteiger partial charge in [0.25, 0.3) is 5.91 Å². The minimum Gasteiger partial charge on any atom is -0.385 e. The highest BCUT2D eigenvalue weighted by Gasteiger charge is 2.25. The van der Waals surface area contributed by atoms with E-state index in [-0.39, 0.29) is 10.9 Å². The highest BCUT2D eigenvalue weighted by molar-refractivity contribution is 6.31. The molecule has 0 spiro atoms. The lowest BCUT2D eigenvalue weighted by atomic mass is 10.0. The Morgan fingerprint density at radius 3 is 2.96 bits per heavy atom. The van der Waals surface area contributed by atoms with Crippen molar-refractivity contribution >= 4 is 17.5 Å². The fraction of sp³-hybridized carbons (Fsp3) is 0.389. The highest BCUT2D eigenvalue weighted by Crippen LogP contribution is 2.23. The molecule has 2 heterocycles. The van der Waals surface area contributed by atoms with Crippen LogP contribution in [-0.2, 0) is 17.8 Å². The lowest BCUT2D eigenvalue weighted by Gasteiger charge is -2.24. The van der Waals surface area contributed by atoms with Crippen LogP contribution in [0.1, 0.15) is 22.5 Å². The molecule has 4 nitrogen and oxygen atoms in total. The molecule has 1 aromatic carbocycles. The second-order valence-corrected chi connectivity index (χ2v) is 6.52. The number of halogens is 2. The standard InChI is InChI=1S/C18H20ClFN2O2/c1-24-8-6-13-10-21-7-2-3-15(21)12-22(11-13)18(23)14-4-5-17(20)16(19)9-14/h2-5,7,9,13H,6,8,10-12H2,1H3/t13-/m0/s1. The van der Waals surface area contributed by atoms with Gasteiger partial charge in [0.15, 0.2) is 0 Å². The van der Waals surface area contributed by atoms with Crippen LogP contribution in [0.5, 0.6) is 0 Å². The summed E-state index contributed by atoms with van der Waals surface area (Å²) < 4.78 is 20.7. The summed E-state index contributed by atoms with van der Waals surface area (Å²) in [7, 11) is 1.68. The summed E-state index contributed by atoms with van der Waals surface area (Å²) in [5, 5.41) is -0.0324. The van der Waals surface area contributed by atoms with Crippen LogP contribution < -0.4 is 0 Å². The van der Waals surface area contributed by atoms with Crippen LogP contribution in [0.3, 0.4) is 0 Å². The van der Waals surface area contributed by atoms with E-state index in [2.05, 4.69) is 4.57 Å². The van der Waals surface area contributed by atoms with Crippen molar-refractivity contribution in [3.05, 3.63) is 58.6 Å². The van der Waals surface area contributed by atoms with Gasteiger partial charge < -0.3 is 14.2 Å². The number of amides is 1. The second-order valence-electron chi connectivity index (χ2n) is 6.11. The van der Waals surface area contributed by atoms with Crippen LogP contribution in [0.2, 0.25) is 5.02 Å². The number of aromatic nitrogens is 1. The Morgan fingerprint density at radius 1 is 1.38 bits per heavy atom. The van der Waals surface area contributed by atoms with Gasteiger partial charge in [0.1, 0.15) is 5.82 Å². The molecule has 2 aromatic rings. The number of rotatable bonds is 4. The molecule has 0 aliphatic carbocycles. The highest BCUT2D eigenvalue weighted by atomic mass is 35.5. The number of carbonyl (C=O) groups is 1. The van der Waals surface area contributed by atoms with Crippen LogP contribution in [0.25, 0.3) is 0 Å². The van der Waals surface area contributed by atoms with Crippen molar-refractivity contribution in [2.75, 3.05) is 20.3 Å². The number of nitrogens with zero attached hydrogens (tertiary/aromatic N) is 2. The predicted molar refractivity (Wildman–Crippen MR) is 90.6 cm³/mol. The maximum atomic E-state index is 13.4. The molecule has 128 valence electrons. The fourth-order valence-corrected chi connectivity index (χ4v) is 3.29. The van der Waals surface area contributed by atoms with E-state index in [0.29, 0.717) is 31.2 Å². The molecule has 0 bridgehead atoms. The fourth-order valence-electron chi connectivity index (χ4n) is 3.11. The third-order valence-electron chi connectivity index (χ3n) is 4.39. The van der Waals surface area contributed by atoms with Gasteiger partial charge in [0.05, 0.1) is 11.6 Å². The summed E-state index contributed by atoms with van der Waals surface area (Å²) in [4.78, 5) is 14.7. The summed E-state index contributed by atoms with van der Waals surface area (Å²) in [6, 6.07) is 8.13. The molecule has 1 aromatic heterocycles. The van der Waals surface area contributed by atoms with Crippen molar-refractivity contribution in [2.24, 2.45) is 5.92 Å². The van der Waals surface area contributed by atoms with Gasteiger partial charge in [-0.3, -0.25) is 4.79 Å². The lowest BCUT2D eigenvalue weighted by Crippen LogP contribution is -2.34. The molecule has 1 atom stereocenters. The smallest absolute Gasteiger partial charge is 0.254 e. The maximum Gasteiger partial charge on any atom is 0.254 e. The van der Waals surface area contributed by atoms with Crippen LogP contribution in [0, 0.1) is 11.7 Å². The zero-order valence-electron chi connectivity index (χ0n) is 13.5. The van der Waals surface area contributed by atoms with Crippen LogP contribution >= 0.6 is 11.6 Å². The van der Waals surface area contributed by atoms with Crippen molar-refractivity contribution in [3.63, 3.8) is 0 Å². The quantitative estimate of drug-likeness (QED) is 0.844. The number of hydrogen-bond donors (Lipinski definition) is 0. The molecule has 24 heavy (non-hydrogen) atoms. The van der Waals surface area contributed by atoms with Gasteiger partial charge in [-0.2, -0.15) is 0 Å². The molecule has 0 unspecified atom stereocenters. The molecular weight excluding hydrogens is 331 g/mol. The van der Waals surface area contributed by atoms with E-state index in [9.17, 15) is 9.18 Å². The van der Waals surface area contributed by atoms with Crippen molar-refractivity contribution in [3.8, 4) is 0 Å². The molecule has 0 N–H and O–H groups in total. The number of ether oxygens (including phenoxy) is 1. The molecule has 0 radical (unpaired) electrons. The van der Waals surface area contributed by atoms with Gasteiger partial charge in [-0.05, 0) is 42.7 Å². The monoisotopic (exact) mass is 350 g/mol. The summed E-state index contributed by atoms with van der Waals surface area (Å²) in [6.07, 6.45) is 2.92. The molecular formula is C18H20ClFN2O2. The normalized spacial score (nSPS) is 17.5. The van der Waals surface area contributed by atoms with E-state index in [1.165, 1.54) is 18.2 Å². The summed E-state index contributed by atoms with van der Waals surface area (Å²) in [5.41, 5.74) is 1.50. The molecule has 1 aliphatic heterocycles. The SMILES string of the molecule is COCC[C@@H]1CN(C(=O)c2ccc(F)c(Cl)c2)Cc2cccn2C1. The van der Waals surface area contributed by atoms with Crippen LogP contribution in [0.4, 0.5) is 4.39 Å². The van der Waals surface area contributed by atoms with Gasteiger partial charge in [0.2, 0.25) is 0 Å². The molecule has 1 aliphatic rings. The number of methoxy groups -OCH3 is 1. The van der Waals surface area contributed by atoms with Crippen molar-refractivity contribution in [2.45, 2.75) is 19.5 Å². The molecule has 3 rings (SSSR count). The number of hydrogen-bond acceptors (Lipinski definition) is 2. The number of fused-ring (bicyclic) bond motifs is 1. The number of carbonyl (C=O) groups excluding carboxylic acids is 1. The first kappa shape index (κ1) is 17.0. The lowest BCUT2D eigenvalue weighted by molar-refractivity contribution is 0.0705. The Labute approximate surface area is 145 Å². The zero-order valence-corrected chi connectivity index (χ0v) is 14.3. The number of benzene rings is 1. The van der Waals surface area contributed by atoms with Gasteiger partial charge in [-0.1, -0.05) is 11.6 Å². The van der Waals surface area contributed by atoms with Crippen molar-refractivity contribution < 1.29 is 13.9 Å². The van der Waals surface area contributed by atoms with Crippen molar-refractivity contribution in [1.29, 1.82) is 0 Å². The third kappa shape index (κ3) is 3.62. The van der Waals surface area contributed by atoms with Crippen molar-refractivity contribution in [1.82, 2.24) is 9.47 Å². The molecule has 1 amide bonds. The topological polar surface area (TPSA) is 34.5 Å². The first-order valence-electron chi connectivity index (χ1n) is 7.95. The summed E-state index contributed by atoms with van der Waals surface area (Å²) in [6.45, 7) is 2.69. The zero-order chi connectivity index (χ0) is 17.1. The molecule has 6 heteroatoms. The maximum absolute atomic E-state index is 13.4. The Kier molecular flexibility index (Phi) is 5.21. The average Bonchev–Trinajstić information content (AvgIpc) is 2.93. The molecule has 0 saturated carbocycles. The van der Waals surface area contributed by atoms with Gasteiger partial charge in [0, 0.05) is 44.3 Å². The van der Waals surface area contributed by atoms with Crippen LogP contribution in [-0.4, -0.2) is 35.6 Å². The predicted octanol–water partition coefficient (Wildman–Crippen LogP) is 3.59. The Morgan fingerprint density at radius 2 is 2.21 bits per heavy atom. The molecule has 0 fully saturated rings. The van der Waals surface area contributed by atoms with Gasteiger partial charge in [-0.15, -0.1) is 0 Å². The molecule has 0 saturated heterocycles. The summed E-state index contributed by atoms with van der Waals surface area (Å²) in [5.74, 6) is -0.344. The third-order valence-corrected chi connectivity index (χ3v) is 4.68. The Hall–Kier alpha value is -1.85. The Bertz CT molecular complexity index is 732. The van der Waals surface area contributed by atoms with E-state index in [1.807, 2.05) is 23.2 Å². The summed E-state index contributed by atoms with van der Waals surface area (Å²) >= 11 is 5.82. The second kappa shape index (κ2) is 7.36. The first-order valence-corrected chi connectivity index (χ1v) is 8.33. The van der Waals surface area contributed by atoms with E-state index >= 15 is 0 Å².